The predicted molar refractivity (Wildman–Crippen MR) is 171 cm³/mol. The number of nitrogens with zero attached hydrogens (tertiary/aromatic N) is 2. The van der Waals surface area contributed by atoms with Gasteiger partial charge in [-0.25, -0.2) is 9.59 Å². The van der Waals surface area contributed by atoms with Crippen LogP contribution in [-0.2, 0) is 39.8 Å². The van der Waals surface area contributed by atoms with E-state index in [1.165, 1.54) is 14.2 Å². The van der Waals surface area contributed by atoms with Gasteiger partial charge in [-0.3, -0.25) is 9.59 Å². The maximum atomic E-state index is 13.9. The zero-order chi connectivity index (χ0) is 33.9. The average molecular weight is 634 g/mol. The normalized spacial score (nSPS) is 19.1. The third-order valence-electron chi connectivity index (χ3n) is 8.68. The van der Waals surface area contributed by atoms with E-state index in [9.17, 15) is 19.2 Å². The maximum Gasteiger partial charge on any atom is 0.410 e. The highest BCUT2D eigenvalue weighted by Crippen LogP contribution is 2.29. The van der Waals surface area contributed by atoms with Crippen molar-refractivity contribution in [3.63, 3.8) is 0 Å². The second-order valence-corrected chi connectivity index (χ2v) is 13.0. The van der Waals surface area contributed by atoms with Crippen LogP contribution in [0.1, 0.15) is 72.8 Å². The van der Waals surface area contributed by atoms with Crippen LogP contribution in [0.15, 0.2) is 30.3 Å². The molecule has 1 fully saturated rings. The van der Waals surface area contributed by atoms with Crippen molar-refractivity contribution in [2.24, 2.45) is 11.8 Å². The molecule has 0 aliphatic carbocycles. The van der Waals surface area contributed by atoms with Crippen LogP contribution < -0.4 is 5.32 Å². The standard InChI is InChI=1S/C34H55N3O8/c1-11-22(2)29(36(7)33(41)45-34(4,5)6)27(42-8)21-28(38)37-19-15-18-26(37)30(43-9)23(3)31(39)35-25(32(40)44-10)20-24-16-13-12-14-17-24/h12-14,16-17,22-23,25-27,29-30H,11,15,18-21H2,1-10H3,(H,35,39)/t22-,23+,25?,26-,27+,29-,30+/m0/s1. The first-order chi connectivity index (χ1) is 21.2. The molecule has 0 aromatic heterocycles. The fourth-order valence-electron chi connectivity index (χ4n) is 6.10. The molecule has 1 saturated heterocycles. The molecule has 1 aliphatic heterocycles. The Hall–Kier alpha value is -3.18. The van der Waals surface area contributed by atoms with Gasteiger partial charge >= 0.3 is 12.1 Å². The molecule has 1 heterocycles. The smallest absolute Gasteiger partial charge is 0.410 e. The highest BCUT2D eigenvalue weighted by atomic mass is 16.6. The molecule has 1 aliphatic rings. The van der Waals surface area contributed by atoms with Gasteiger partial charge in [0.1, 0.15) is 11.6 Å². The summed E-state index contributed by atoms with van der Waals surface area (Å²) in [6.45, 7) is 11.8. The summed E-state index contributed by atoms with van der Waals surface area (Å²) in [6, 6.07) is 7.78. The fraction of sp³-hybridized carbons (Fsp3) is 0.706. The molecule has 11 heteroatoms. The molecule has 7 atom stereocenters. The van der Waals surface area contributed by atoms with Crippen LogP contribution in [0.25, 0.3) is 0 Å². The van der Waals surface area contributed by atoms with Gasteiger partial charge in [-0.05, 0) is 45.1 Å². The lowest BCUT2D eigenvalue weighted by Crippen LogP contribution is -2.54. The van der Waals surface area contributed by atoms with Gasteiger partial charge < -0.3 is 34.1 Å². The Morgan fingerprint density at radius 3 is 2.22 bits per heavy atom. The summed E-state index contributed by atoms with van der Waals surface area (Å²) in [5.74, 6) is -1.67. The van der Waals surface area contributed by atoms with Crippen molar-refractivity contribution in [1.29, 1.82) is 0 Å². The van der Waals surface area contributed by atoms with Gasteiger partial charge in [-0.2, -0.15) is 0 Å². The Kier molecular flexibility index (Phi) is 14.8. The zero-order valence-electron chi connectivity index (χ0n) is 28.8. The van der Waals surface area contributed by atoms with Crippen LogP contribution in [0.3, 0.4) is 0 Å². The van der Waals surface area contributed by atoms with Crippen LogP contribution in [0.2, 0.25) is 0 Å². The molecule has 45 heavy (non-hydrogen) atoms. The van der Waals surface area contributed by atoms with Crippen molar-refractivity contribution < 1.29 is 38.1 Å². The number of carbonyl (C=O) groups excluding carboxylic acids is 4. The molecular weight excluding hydrogens is 578 g/mol. The molecule has 1 unspecified atom stereocenters. The molecule has 0 spiro atoms. The first-order valence-electron chi connectivity index (χ1n) is 15.9. The Bertz CT molecular complexity index is 1110. The number of benzene rings is 1. The lowest BCUT2D eigenvalue weighted by molar-refractivity contribution is -0.147. The summed E-state index contributed by atoms with van der Waals surface area (Å²) >= 11 is 0. The Balaban J connectivity index is 2.21. The summed E-state index contributed by atoms with van der Waals surface area (Å²) < 4.78 is 22.3. The molecule has 1 N–H and O–H groups in total. The first-order valence-corrected chi connectivity index (χ1v) is 15.9. The van der Waals surface area contributed by atoms with E-state index >= 15 is 0 Å². The van der Waals surface area contributed by atoms with Crippen LogP contribution in [0.4, 0.5) is 4.79 Å². The molecule has 0 radical (unpaired) electrons. The van der Waals surface area contributed by atoms with Gasteiger partial charge in [0, 0.05) is 34.2 Å². The third-order valence-corrected chi connectivity index (χ3v) is 8.68. The molecule has 0 bridgehead atoms. The number of hydrogen-bond donors (Lipinski definition) is 1. The minimum absolute atomic E-state index is 0.0312. The Morgan fingerprint density at radius 1 is 1.04 bits per heavy atom. The van der Waals surface area contributed by atoms with Gasteiger partial charge in [0.2, 0.25) is 11.8 Å². The predicted octanol–water partition coefficient (Wildman–Crippen LogP) is 4.22. The van der Waals surface area contributed by atoms with E-state index in [0.717, 1.165) is 18.4 Å². The average Bonchev–Trinajstić information content (AvgIpc) is 3.49. The zero-order valence-corrected chi connectivity index (χ0v) is 28.8. The largest absolute Gasteiger partial charge is 0.467 e. The van der Waals surface area contributed by atoms with E-state index in [-0.39, 0.29) is 36.6 Å². The van der Waals surface area contributed by atoms with Crippen molar-refractivity contribution in [3.8, 4) is 0 Å². The number of methoxy groups -OCH3 is 3. The second kappa shape index (κ2) is 17.5. The van der Waals surface area contributed by atoms with E-state index in [1.807, 2.05) is 65.0 Å². The van der Waals surface area contributed by atoms with E-state index in [4.69, 9.17) is 18.9 Å². The number of hydrogen-bond acceptors (Lipinski definition) is 8. The number of amides is 3. The van der Waals surface area contributed by atoms with Gasteiger partial charge in [-0.15, -0.1) is 0 Å². The van der Waals surface area contributed by atoms with E-state index in [1.54, 1.807) is 30.9 Å². The Labute approximate surface area is 269 Å². The summed E-state index contributed by atoms with van der Waals surface area (Å²) in [4.78, 5) is 56.2. The molecule has 0 saturated carbocycles. The van der Waals surface area contributed by atoms with E-state index in [2.05, 4.69) is 5.32 Å². The van der Waals surface area contributed by atoms with Crippen LogP contribution in [-0.4, -0.2) is 105 Å². The number of rotatable bonds is 15. The third kappa shape index (κ3) is 10.7. The van der Waals surface area contributed by atoms with Crippen LogP contribution in [0.5, 0.6) is 0 Å². The summed E-state index contributed by atoms with van der Waals surface area (Å²) in [5, 5.41) is 2.85. The number of likely N-dealkylation sites (N-methyl/N-ethyl adjacent to an activating group) is 1. The van der Waals surface area contributed by atoms with Crippen molar-refractivity contribution in [1.82, 2.24) is 15.1 Å². The maximum absolute atomic E-state index is 13.9. The molecule has 254 valence electrons. The number of ether oxygens (including phenoxy) is 4. The monoisotopic (exact) mass is 633 g/mol. The van der Waals surface area contributed by atoms with Crippen molar-refractivity contribution in [3.05, 3.63) is 35.9 Å². The number of carbonyl (C=O) groups is 4. The fourth-order valence-corrected chi connectivity index (χ4v) is 6.10. The minimum Gasteiger partial charge on any atom is -0.467 e. The second-order valence-electron chi connectivity index (χ2n) is 13.0. The van der Waals surface area contributed by atoms with Gasteiger partial charge in [0.05, 0.1) is 43.7 Å². The summed E-state index contributed by atoms with van der Waals surface area (Å²) in [5.41, 5.74) is 0.223. The lowest BCUT2D eigenvalue weighted by Gasteiger charge is -2.39. The molecule has 1 aromatic rings. The van der Waals surface area contributed by atoms with Gasteiger partial charge in [-0.1, -0.05) is 57.5 Å². The topological polar surface area (TPSA) is 124 Å². The number of nitrogens with one attached hydrogen (secondary N) is 1. The van der Waals surface area contributed by atoms with Crippen molar-refractivity contribution in [2.75, 3.05) is 34.9 Å². The Morgan fingerprint density at radius 2 is 1.69 bits per heavy atom. The molecule has 2 rings (SSSR count). The molecule has 11 nitrogen and oxygen atoms in total. The SMILES string of the molecule is CC[C@H](C)[C@@H]([C@@H](CC(=O)N1CCC[C@H]1[C@H](OC)[C@@H](C)C(=O)NC(Cc1ccccc1)C(=O)OC)OC)N(C)C(=O)OC(C)(C)C. The van der Waals surface area contributed by atoms with Crippen molar-refractivity contribution in [2.45, 2.75) is 110 Å². The van der Waals surface area contributed by atoms with Crippen LogP contribution >= 0.6 is 0 Å². The molecular formula is C34H55N3O8. The van der Waals surface area contributed by atoms with Gasteiger partial charge in [0.15, 0.2) is 0 Å². The molecule has 3 amide bonds. The van der Waals surface area contributed by atoms with E-state index in [0.29, 0.717) is 13.0 Å². The lowest BCUT2D eigenvalue weighted by atomic mass is 9.90. The number of likely N-dealkylation sites (tertiary alicyclic amines) is 1. The van der Waals surface area contributed by atoms with Crippen molar-refractivity contribution >= 4 is 23.9 Å². The summed E-state index contributed by atoms with van der Waals surface area (Å²) in [7, 11) is 6.06. The van der Waals surface area contributed by atoms with Gasteiger partial charge in [0.25, 0.3) is 0 Å². The number of esters is 1. The summed E-state index contributed by atoms with van der Waals surface area (Å²) in [6.07, 6.45) is 0.864. The first kappa shape index (κ1) is 38.0. The van der Waals surface area contributed by atoms with Crippen LogP contribution in [0, 0.1) is 11.8 Å². The quantitative estimate of drug-likeness (QED) is 0.285. The highest BCUT2D eigenvalue weighted by Gasteiger charge is 2.42. The highest BCUT2D eigenvalue weighted by molar-refractivity contribution is 5.86. The minimum atomic E-state index is -0.868. The van der Waals surface area contributed by atoms with E-state index < -0.39 is 47.9 Å². The molecule has 1 aromatic carbocycles.